The van der Waals surface area contributed by atoms with Crippen molar-refractivity contribution in [2.75, 3.05) is 7.11 Å². The fourth-order valence-electron chi connectivity index (χ4n) is 1.77. The molecule has 0 aliphatic heterocycles. The molecule has 0 saturated heterocycles. The van der Waals surface area contributed by atoms with Gasteiger partial charge in [-0.1, -0.05) is 42.5 Å². The Labute approximate surface area is 108 Å². The number of rotatable bonds is 5. The molecule has 0 spiro atoms. The van der Waals surface area contributed by atoms with Crippen LogP contribution in [0, 0.1) is 0 Å². The van der Waals surface area contributed by atoms with E-state index in [4.69, 9.17) is 9.47 Å². The molecule has 1 unspecified atom stereocenters. The summed E-state index contributed by atoms with van der Waals surface area (Å²) in [5.74, 6) is 0.869. The average Bonchev–Trinajstić information content (AvgIpc) is 2.46. The molecule has 2 rings (SSSR count). The summed E-state index contributed by atoms with van der Waals surface area (Å²) in [6, 6.07) is 18.2. The van der Waals surface area contributed by atoms with E-state index in [0.717, 1.165) is 11.3 Å². The predicted octanol–water partition coefficient (Wildman–Crippen LogP) is 3.97. The Bertz CT molecular complexity index is 462. The lowest BCUT2D eigenvalue weighted by Gasteiger charge is -2.14. The van der Waals surface area contributed by atoms with Crippen LogP contribution in [0.2, 0.25) is 0 Å². The van der Waals surface area contributed by atoms with Gasteiger partial charge in [0.15, 0.2) is 0 Å². The molecule has 0 aliphatic carbocycles. The van der Waals surface area contributed by atoms with Crippen molar-refractivity contribution in [2.45, 2.75) is 19.6 Å². The number of ether oxygens (including phenoxy) is 2. The lowest BCUT2D eigenvalue weighted by atomic mass is 10.1. The molecule has 0 saturated carbocycles. The molecule has 18 heavy (non-hydrogen) atoms. The molecule has 0 fully saturated rings. The summed E-state index contributed by atoms with van der Waals surface area (Å²) in [5.41, 5.74) is 2.35. The van der Waals surface area contributed by atoms with E-state index < -0.39 is 0 Å². The van der Waals surface area contributed by atoms with Crippen molar-refractivity contribution in [1.82, 2.24) is 0 Å². The maximum atomic E-state index is 5.85. The van der Waals surface area contributed by atoms with E-state index in [1.54, 1.807) is 7.11 Å². The first-order chi connectivity index (χ1) is 8.79. The molecular formula is C16H18O2. The van der Waals surface area contributed by atoms with Crippen LogP contribution in [0.4, 0.5) is 0 Å². The number of benzene rings is 2. The van der Waals surface area contributed by atoms with Gasteiger partial charge in [0, 0.05) is 0 Å². The monoisotopic (exact) mass is 242 g/mol. The first-order valence-electron chi connectivity index (χ1n) is 6.09. The van der Waals surface area contributed by atoms with E-state index in [1.807, 2.05) is 42.5 Å². The van der Waals surface area contributed by atoms with Crippen LogP contribution in [-0.2, 0) is 11.3 Å². The zero-order valence-corrected chi connectivity index (χ0v) is 10.8. The second-order valence-electron chi connectivity index (χ2n) is 4.21. The van der Waals surface area contributed by atoms with Gasteiger partial charge in [-0.2, -0.15) is 0 Å². The van der Waals surface area contributed by atoms with E-state index in [-0.39, 0.29) is 6.10 Å². The van der Waals surface area contributed by atoms with Gasteiger partial charge in [-0.25, -0.2) is 0 Å². The SMILES string of the molecule is COc1ccc(C(C)OCc2ccccc2)cc1. The molecule has 0 aromatic heterocycles. The van der Waals surface area contributed by atoms with Crippen LogP contribution in [0.15, 0.2) is 54.6 Å². The number of methoxy groups -OCH3 is 1. The van der Waals surface area contributed by atoms with E-state index in [2.05, 4.69) is 19.1 Å². The lowest BCUT2D eigenvalue weighted by Crippen LogP contribution is -2.00. The second kappa shape index (κ2) is 6.22. The molecule has 0 amide bonds. The summed E-state index contributed by atoms with van der Waals surface area (Å²) in [6.07, 6.45) is 0.0797. The molecule has 0 radical (unpaired) electrons. The molecule has 0 aliphatic rings. The largest absolute Gasteiger partial charge is 0.497 e. The van der Waals surface area contributed by atoms with Crippen LogP contribution in [0.25, 0.3) is 0 Å². The maximum absolute atomic E-state index is 5.85. The first kappa shape index (κ1) is 12.7. The van der Waals surface area contributed by atoms with Crippen molar-refractivity contribution >= 4 is 0 Å². The van der Waals surface area contributed by atoms with Crippen LogP contribution >= 0.6 is 0 Å². The minimum atomic E-state index is 0.0797. The highest BCUT2D eigenvalue weighted by Crippen LogP contribution is 2.21. The molecule has 94 valence electrons. The Hall–Kier alpha value is -1.80. The van der Waals surface area contributed by atoms with Gasteiger partial charge >= 0.3 is 0 Å². The summed E-state index contributed by atoms with van der Waals surface area (Å²) in [6.45, 7) is 2.69. The fraction of sp³-hybridized carbons (Fsp3) is 0.250. The normalized spacial score (nSPS) is 12.1. The van der Waals surface area contributed by atoms with Gasteiger partial charge < -0.3 is 9.47 Å². The third kappa shape index (κ3) is 3.34. The lowest BCUT2D eigenvalue weighted by molar-refractivity contribution is 0.0525. The smallest absolute Gasteiger partial charge is 0.118 e. The van der Waals surface area contributed by atoms with Gasteiger partial charge in [-0.05, 0) is 30.2 Å². The molecule has 0 N–H and O–H groups in total. The first-order valence-corrected chi connectivity index (χ1v) is 6.09. The summed E-state index contributed by atoms with van der Waals surface area (Å²) in [4.78, 5) is 0. The van der Waals surface area contributed by atoms with Crippen molar-refractivity contribution in [3.8, 4) is 5.75 Å². The van der Waals surface area contributed by atoms with Crippen LogP contribution in [0.1, 0.15) is 24.2 Å². The molecule has 0 heterocycles. The average molecular weight is 242 g/mol. The minimum Gasteiger partial charge on any atom is -0.497 e. The van der Waals surface area contributed by atoms with Gasteiger partial charge in [0.2, 0.25) is 0 Å². The van der Waals surface area contributed by atoms with Gasteiger partial charge in [0.1, 0.15) is 5.75 Å². The van der Waals surface area contributed by atoms with Gasteiger partial charge in [-0.15, -0.1) is 0 Å². The van der Waals surface area contributed by atoms with Crippen molar-refractivity contribution < 1.29 is 9.47 Å². The van der Waals surface area contributed by atoms with Gasteiger partial charge in [0.25, 0.3) is 0 Å². The highest BCUT2D eigenvalue weighted by atomic mass is 16.5. The number of hydrogen-bond acceptors (Lipinski definition) is 2. The van der Waals surface area contributed by atoms with Crippen LogP contribution in [0.3, 0.4) is 0 Å². The number of hydrogen-bond donors (Lipinski definition) is 0. The Balaban J connectivity index is 1.93. The topological polar surface area (TPSA) is 18.5 Å². The van der Waals surface area contributed by atoms with Crippen molar-refractivity contribution in [2.24, 2.45) is 0 Å². The second-order valence-corrected chi connectivity index (χ2v) is 4.21. The third-order valence-corrected chi connectivity index (χ3v) is 2.93. The van der Waals surface area contributed by atoms with E-state index in [0.29, 0.717) is 6.61 Å². The zero-order valence-electron chi connectivity index (χ0n) is 10.8. The third-order valence-electron chi connectivity index (χ3n) is 2.93. The molecule has 1 atom stereocenters. The molecule has 0 bridgehead atoms. The van der Waals surface area contributed by atoms with Crippen LogP contribution < -0.4 is 4.74 Å². The Morgan fingerprint density at radius 1 is 0.944 bits per heavy atom. The summed E-state index contributed by atoms with van der Waals surface area (Å²) in [5, 5.41) is 0. The summed E-state index contributed by atoms with van der Waals surface area (Å²) in [7, 11) is 1.67. The van der Waals surface area contributed by atoms with Crippen LogP contribution in [-0.4, -0.2) is 7.11 Å². The minimum absolute atomic E-state index is 0.0797. The Kier molecular flexibility index (Phi) is 4.37. The van der Waals surface area contributed by atoms with Gasteiger partial charge in [0.05, 0.1) is 19.8 Å². The highest BCUT2D eigenvalue weighted by Gasteiger charge is 2.05. The molecular weight excluding hydrogens is 224 g/mol. The van der Waals surface area contributed by atoms with E-state index >= 15 is 0 Å². The molecule has 2 nitrogen and oxygen atoms in total. The Morgan fingerprint density at radius 3 is 2.22 bits per heavy atom. The van der Waals surface area contributed by atoms with E-state index in [9.17, 15) is 0 Å². The Morgan fingerprint density at radius 2 is 1.61 bits per heavy atom. The van der Waals surface area contributed by atoms with Crippen molar-refractivity contribution in [1.29, 1.82) is 0 Å². The predicted molar refractivity (Wildman–Crippen MR) is 72.6 cm³/mol. The molecule has 2 aromatic rings. The maximum Gasteiger partial charge on any atom is 0.118 e. The molecule has 2 aromatic carbocycles. The summed E-state index contributed by atoms with van der Waals surface area (Å²) >= 11 is 0. The van der Waals surface area contributed by atoms with Crippen molar-refractivity contribution in [3.05, 3.63) is 65.7 Å². The standard InChI is InChI=1S/C16H18O2/c1-13(15-8-10-16(17-2)11-9-15)18-12-14-6-4-3-5-7-14/h3-11,13H,12H2,1-2H3. The quantitative estimate of drug-likeness (QED) is 0.789. The van der Waals surface area contributed by atoms with Gasteiger partial charge in [-0.3, -0.25) is 0 Å². The van der Waals surface area contributed by atoms with Crippen molar-refractivity contribution in [3.63, 3.8) is 0 Å². The zero-order chi connectivity index (χ0) is 12.8. The van der Waals surface area contributed by atoms with E-state index in [1.165, 1.54) is 5.56 Å². The van der Waals surface area contributed by atoms with Crippen LogP contribution in [0.5, 0.6) is 5.75 Å². The summed E-state index contributed by atoms with van der Waals surface area (Å²) < 4.78 is 11.0. The molecule has 2 heteroatoms. The highest BCUT2D eigenvalue weighted by molar-refractivity contribution is 5.28. The fourth-order valence-corrected chi connectivity index (χ4v) is 1.77.